The first-order valence-corrected chi connectivity index (χ1v) is 8.00. The number of hydrogen-bond acceptors (Lipinski definition) is 3. The highest BCUT2D eigenvalue weighted by atomic mass is 35.5. The summed E-state index contributed by atoms with van der Waals surface area (Å²) in [7, 11) is 0. The standard InChI is InChI=1S/C17H27N3O.2ClH/c1-3-20(16-8-4-6-14(2)12-16)11-10-19-17(21)15-7-5-9-18-13-15;;/h4,6,8,12,15,18H,3,5,7,9-11,13H2,1-2H3,(H,19,21);2*1H. The van der Waals surface area contributed by atoms with Crippen molar-refractivity contribution in [2.45, 2.75) is 26.7 Å². The Morgan fingerprint density at radius 3 is 2.78 bits per heavy atom. The van der Waals surface area contributed by atoms with E-state index in [0.717, 1.165) is 39.0 Å². The summed E-state index contributed by atoms with van der Waals surface area (Å²) in [6.07, 6.45) is 2.11. The normalized spacial score (nSPS) is 16.7. The fourth-order valence-electron chi connectivity index (χ4n) is 2.83. The second-order valence-electron chi connectivity index (χ2n) is 5.75. The Hall–Kier alpha value is -0.970. The quantitative estimate of drug-likeness (QED) is 0.818. The van der Waals surface area contributed by atoms with Crippen molar-refractivity contribution in [3.63, 3.8) is 0 Å². The number of piperidine rings is 1. The number of carbonyl (C=O) groups excluding carboxylic acids is 1. The van der Waals surface area contributed by atoms with Crippen LogP contribution in [0.1, 0.15) is 25.3 Å². The summed E-state index contributed by atoms with van der Waals surface area (Å²) in [6, 6.07) is 8.51. The van der Waals surface area contributed by atoms with Crippen molar-refractivity contribution in [2.24, 2.45) is 5.92 Å². The molecule has 1 aliphatic heterocycles. The van der Waals surface area contributed by atoms with Gasteiger partial charge in [0.05, 0.1) is 5.92 Å². The van der Waals surface area contributed by atoms with Crippen LogP contribution >= 0.6 is 24.8 Å². The molecular formula is C17H29Cl2N3O. The first kappa shape index (κ1) is 22.0. The maximum absolute atomic E-state index is 12.1. The summed E-state index contributed by atoms with van der Waals surface area (Å²) in [5.41, 5.74) is 2.49. The number of anilines is 1. The molecule has 0 saturated carbocycles. The summed E-state index contributed by atoms with van der Waals surface area (Å²) in [5.74, 6) is 0.343. The number of aryl methyl sites for hydroxylation is 1. The molecule has 0 aliphatic carbocycles. The predicted molar refractivity (Wildman–Crippen MR) is 102 cm³/mol. The summed E-state index contributed by atoms with van der Waals surface area (Å²) < 4.78 is 0. The Kier molecular flexibility index (Phi) is 11.1. The van der Waals surface area contributed by atoms with Gasteiger partial charge in [-0.05, 0) is 50.9 Å². The van der Waals surface area contributed by atoms with Gasteiger partial charge in [-0.3, -0.25) is 4.79 Å². The number of benzene rings is 1. The molecule has 1 heterocycles. The lowest BCUT2D eigenvalue weighted by molar-refractivity contribution is -0.125. The lowest BCUT2D eigenvalue weighted by Crippen LogP contribution is -2.43. The molecule has 1 aromatic rings. The van der Waals surface area contributed by atoms with Crippen LogP contribution in [0.4, 0.5) is 5.69 Å². The molecule has 1 unspecified atom stereocenters. The molecule has 1 saturated heterocycles. The van der Waals surface area contributed by atoms with E-state index < -0.39 is 0 Å². The zero-order chi connectivity index (χ0) is 15.1. The Morgan fingerprint density at radius 1 is 1.39 bits per heavy atom. The van der Waals surface area contributed by atoms with Crippen molar-refractivity contribution in [1.82, 2.24) is 10.6 Å². The van der Waals surface area contributed by atoms with E-state index in [2.05, 4.69) is 53.6 Å². The van der Waals surface area contributed by atoms with Crippen LogP contribution in [0.3, 0.4) is 0 Å². The van der Waals surface area contributed by atoms with Crippen molar-refractivity contribution in [2.75, 3.05) is 37.6 Å². The molecule has 0 aromatic heterocycles. The Balaban J connectivity index is 0.00000242. The van der Waals surface area contributed by atoms with Gasteiger partial charge in [-0.15, -0.1) is 24.8 Å². The van der Waals surface area contributed by atoms with E-state index in [1.165, 1.54) is 11.3 Å². The maximum Gasteiger partial charge on any atom is 0.224 e. The fourth-order valence-corrected chi connectivity index (χ4v) is 2.83. The van der Waals surface area contributed by atoms with Crippen LogP contribution < -0.4 is 15.5 Å². The topological polar surface area (TPSA) is 44.4 Å². The van der Waals surface area contributed by atoms with Gasteiger partial charge in [0.1, 0.15) is 0 Å². The Morgan fingerprint density at radius 2 is 2.17 bits per heavy atom. The lowest BCUT2D eigenvalue weighted by Gasteiger charge is -2.25. The average molecular weight is 362 g/mol. The molecule has 1 fully saturated rings. The van der Waals surface area contributed by atoms with Crippen molar-refractivity contribution in [3.05, 3.63) is 29.8 Å². The highest BCUT2D eigenvalue weighted by molar-refractivity contribution is 5.85. The number of nitrogens with one attached hydrogen (secondary N) is 2. The molecule has 1 aromatic carbocycles. The van der Waals surface area contributed by atoms with Crippen LogP contribution in [0.15, 0.2) is 24.3 Å². The minimum Gasteiger partial charge on any atom is -0.370 e. The zero-order valence-corrected chi connectivity index (χ0v) is 15.6. The van der Waals surface area contributed by atoms with E-state index in [4.69, 9.17) is 0 Å². The van der Waals surface area contributed by atoms with Gasteiger partial charge >= 0.3 is 0 Å². The van der Waals surface area contributed by atoms with Gasteiger partial charge in [0.2, 0.25) is 5.91 Å². The third-order valence-corrected chi connectivity index (χ3v) is 4.10. The molecule has 1 aliphatic rings. The molecule has 0 bridgehead atoms. The monoisotopic (exact) mass is 361 g/mol. The Bertz CT molecular complexity index is 465. The first-order valence-electron chi connectivity index (χ1n) is 8.00. The lowest BCUT2D eigenvalue weighted by atomic mass is 9.99. The van der Waals surface area contributed by atoms with Gasteiger partial charge in [-0.2, -0.15) is 0 Å². The zero-order valence-electron chi connectivity index (χ0n) is 14.0. The van der Waals surface area contributed by atoms with Crippen molar-refractivity contribution < 1.29 is 4.79 Å². The van der Waals surface area contributed by atoms with E-state index in [0.29, 0.717) is 6.54 Å². The van der Waals surface area contributed by atoms with Crippen molar-refractivity contribution in [1.29, 1.82) is 0 Å². The molecule has 2 N–H and O–H groups in total. The van der Waals surface area contributed by atoms with Gasteiger partial charge in [0, 0.05) is 31.9 Å². The number of rotatable bonds is 6. The number of carbonyl (C=O) groups is 1. The Labute approximate surface area is 152 Å². The van der Waals surface area contributed by atoms with E-state index in [9.17, 15) is 4.79 Å². The molecule has 132 valence electrons. The van der Waals surface area contributed by atoms with E-state index in [1.807, 2.05) is 0 Å². The summed E-state index contributed by atoms with van der Waals surface area (Å²) in [4.78, 5) is 14.4. The molecule has 4 nitrogen and oxygen atoms in total. The summed E-state index contributed by atoms with van der Waals surface area (Å²) in [6.45, 7) is 8.62. The van der Waals surface area contributed by atoms with Crippen molar-refractivity contribution >= 4 is 36.4 Å². The molecular weight excluding hydrogens is 333 g/mol. The second kappa shape index (κ2) is 11.5. The van der Waals surface area contributed by atoms with E-state index in [-0.39, 0.29) is 36.6 Å². The van der Waals surface area contributed by atoms with Crippen molar-refractivity contribution in [3.8, 4) is 0 Å². The minimum atomic E-state index is 0. The van der Waals surface area contributed by atoms with Gasteiger partial charge in [-0.25, -0.2) is 0 Å². The predicted octanol–water partition coefficient (Wildman–Crippen LogP) is 2.78. The smallest absolute Gasteiger partial charge is 0.224 e. The summed E-state index contributed by atoms with van der Waals surface area (Å²) in [5, 5.41) is 6.37. The van der Waals surface area contributed by atoms with Gasteiger partial charge in [-0.1, -0.05) is 12.1 Å². The third kappa shape index (κ3) is 6.98. The minimum absolute atomic E-state index is 0. The maximum atomic E-state index is 12.1. The van der Waals surface area contributed by atoms with Gasteiger partial charge < -0.3 is 15.5 Å². The average Bonchev–Trinajstić information content (AvgIpc) is 2.52. The van der Waals surface area contributed by atoms with Crippen LogP contribution in [0.2, 0.25) is 0 Å². The fraction of sp³-hybridized carbons (Fsp3) is 0.588. The van der Waals surface area contributed by atoms with Crippen LogP contribution in [-0.4, -0.2) is 38.6 Å². The number of halogens is 2. The molecule has 1 amide bonds. The highest BCUT2D eigenvalue weighted by Gasteiger charge is 2.20. The SMILES string of the molecule is CCN(CCNC(=O)C1CCCNC1)c1cccc(C)c1.Cl.Cl. The molecule has 2 rings (SSSR count). The van der Waals surface area contributed by atoms with Gasteiger partial charge in [0.25, 0.3) is 0 Å². The number of nitrogens with zero attached hydrogens (tertiary/aromatic N) is 1. The van der Waals surface area contributed by atoms with Gasteiger partial charge in [0.15, 0.2) is 0 Å². The van der Waals surface area contributed by atoms with Crippen LogP contribution in [0.25, 0.3) is 0 Å². The molecule has 0 spiro atoms. The van der Waals surface area contributed by atoms with E-state index >= 15 is 0 Å². The highest BCUT2D eigenvalue weighted by Crippen LogP contribution is 2.15. The number of hydrogen-bond donors (Lipinski definition) is 2. The first-order chi connectivity index (χ1) is 10.2. The second-order valence-corrected chi connectivity index (χ2v) is 5.75. The molecule has 6 heteroatoms. The third-order valence-electron chi connectivity index (χ3n) is 4.10. The number of amides is 1. The van der Waals surface area contributed by atoms with Crippen LogP contribution in [0, 0.1) is 12.8 Å². The largest absolute Gasteiger partial charge is 0.370 e. The molecule has 1 atom stereocenters. The number of likely N-dealkylation sites (N-methyl/N-ethyl adjacent to an activating group) is 1. The van der Waals surface area contributed by atoms with E-state index in [1.54, 1.807) is 0 Å². The van der Waals surface area contributed by atoms with Crippen LogP contribution in [-0.2, 0) is 4.79 Å². The summed E-state index contributed by atoms with van der Waals surface area (Å²) >= 11 is 0. The van der Waals surface area contributed by atoms with Crippen LogP contribution in [0.5, 0.6) is 0 Å². The molecule has 23 heavy (non-hydrogen) atoms. The molecule has 0 radical (unpaired) electrons.